The third-order valence-electron chi connectivity index (χ3n) is 5.83. The highest BCUT2D eigenvalue weighted by Gasteiger charge is 2.50. The second kappa shape index (κ2) is 10.2. The minimum Gasteiger partial charge on any atom is -0.407 e. The van der Waals surface area contributed by atoms with Crippen molar-refractivity contribution < 1.29 is 14.1 Å². The lowest BCUT2D eigenvalue weighted by Gasteiger charge is -2.44. The Morgan fingerprint density at radius 2 is 1.53 bits per heavy atom. The van der Waals surface area contributed by atoms with Crippen LogP contribution in [0.2, 0.25) is 5.04 Å². The Morgan fingerprint density at radius 1 is 1.07 bits per heavy atom. The number of amides is 1. The molecule has 0 saturated carbocycles. The summed E-state index contributed by atoms with van der Waals surface area (Å²) in [5.74, 6) is -0.518. The summed E-state index contributed by atoms with van der Waals surface area (Å²) in [5.41, 5.74) is 0. The van der Waals surface area contributed by atoms with Gasteiger partial charge in [-0.1, -0.05) is 94.4 Å². The van der Waals surface area contributed by atoms with Crippen molar-refractivity contribution >= 4 is 24.6 Å². The summed E-state index contributed by atoms with van der Waals surface area (Å²) in [6, 6.07) is 21.0. The molecule has 0 bridgehead atoms. The van der Waals surface area contributed by atoms with Crippen molar-refractivity contribution in [2.24, 2.45) is 11.8 Å². The summed E-state index contributed by atoms with van der Waals surface area (Å²) in [6.45, 7) is 13.0. The number of benzene rings is 2. The first-order valence-corrected chi connectivity index (χ1v) is 12.3. The molecule has 0 aliphatic heterocycles. The molecule has 4 nitrogen and oxygen atoms in total. The Kier molecular flexibility index (Phi) is 8.18. The van der Waals surface area contributed by atoms with E-state index in [1.165, 1.54) is 22.5 Å². The molecular formula is C25H35NO3Si. The van der Waals surface area contributed by atoms with Crippen molar-refractivity contribution in [2.75, 3.05) is 20.8 Å². The quantitative estimate of drug-likeness (QED) is 0.346. The lowest BCUT2D eigenvalue weighted by Crippen LogP contribution is -2.67. The maximum absolute atomic E-state index is 12.6. The molecule has 30 heavy (non-hydrogen) atoms. The SMILES string of the molecule is C=C[C@H](CO[Si](c1ccccc1)(c1ccccc1)C(C)(C)C)[C@H](C)C(=O)N(C)OC. The van der Waals surface area contributed by atoms with Crippen molar-refractivity contribution in [1.29, 1.82) is 0 Å². The van der Waals surface area contributed by atoms with Gasteiger partial charge in [-0.3, -0.25) is 9.63 Å². The number of hydroxylamine groups is 2. The van der Waals surface area contributed by atoms with Crippen LogP contribution in [0.5, 0.6) is 0 Å². The predicted molar refractivity (Wildman–Crippen MR) is 126 cm³/mol. The first kappa shape index (κ1) is 24.1. The third-order valence-corrected chi connectivity index (χ3v) is 10.8. The maximum atomic E-state index is 12.6. The van der Waals surface area contributed by atoms with Crippen molar-refractivity contribution in [3.63, 3.8) is 0 Å². The Morgan fingerprint density at radius 3 is 1.90 bits per heavy atom. The lowest BCUT2D eigenvalue weighted by molar-refractivity contribution is -0.174. The summed E-state index contributed by atoms with van der Waals surface area (Å²) >= 11 is 0. The molecule has 0 fully saturated rings. The van der Waals surface area contributed by atoms with Gasteiger partial charge in [0.05, 0.1) is 7.11 Å². The smallest absolute Gasteiger partial charge is 0.261 e. The summed E-state index contributed by atoms with van der Waals surface area (Å²) in [5, 5.41) is 3.60. The van der Waals surface area contributed by atoms with Gasteiger partial charge >= 0.3 is 0 Å². The van der Waals surface area contributed by atoms with Crippen molar-refractivity contribution in [1.82, 2.24) is 5.06 Å². The van der Waals surface area contributed by atoms with Gasteiger partial charge in [-0.15, -0.1) is 6.58 Å². The molecule has 1 amide bonds. The molecule has 0 saturated heterocycles. The largest absolute Gasteiger partial charge is 0.407 e. The fourth-order valence-electron chi connectivity index (χ4n) is 3.96. The lowest BCUT2D eigenvalue weighted by atomic mass is 9.94. The van der Waals surface area contributed by atoms with E-state index in [2.05, 4.69) is 75.9 Å². The van der Waals surface area contributed by atoms with Crippen LogP contribution in [0.3, 0.4) is 0 Å². The fourth-order valence-corrected chi connectivity index (χ4v) is 8.56. The number of nitrogens with zero attached hydrogens (tertiary/aromatic N) is 1. The third kappa shape index (κ3) is 4.91. The van der Waals surface area contributed by atoms with Crippen LogP contribution in [0.15, 0.2) is 73.3 Å². The van der Waals surface area contributed by atoms with Gasteiger partial charge in [-0.25, -0.2) is 5.06 Å². The molecule has 5 heteroatoms. The first-order valence-electron chi connectivity index (χ1n) is 10.4. The number of carbonyl (C=O) groups excluding carboxylic acids is 1. The average Bonchev–Trinajstić information content (AvgIpc) is 2.75. The molecule has 0 aliphatic rings. The van der Waals surface area contributed by atoms with Crippen LogP contribution in [-0.2, 0) is 14.1 Å². The fraction of sp³-hybridized carbons (Fsp3) is 0.400. The normalized spacial score (nSPS) is 14.1. The van der Waals surface area contributed by atoms with Gasteiger partial charge in [-0.05, 0) is 15.4 Å². The van der Waals surface area contributed by atoms with Gasteiger partial charge in [0.25, 0.3) is 8.32 Å². The van der Waals surface area contributed by atoms with Crippen LogP contribution in [0.1, 0.15) is 27.7 Å². The van der Waals surface area contributed by atoms with Gasteiger partial charge in [0, 0.05) is 25.5 Å². The molecule has 162 valence electrons. The standard InChI is InChI=1S/C25H35NO3Si/c1-8-21(20(2)24(27)26(6)28-7)19-29-30(25(3,4)5,22-15-11-9-12-16-22)23-17-13-10-14-18-23/h8-18,20-21H,1,19H2,2-7H3/t20-,21+/m0/s1. The molecule has 2 aromatic rings. The zero-order chi connectivity index (χ0) is 22.4. The molecule has 0 spiro atoms. The molecule has 2 aromatic carbocycles. The Labute approximate surface area is 182 Å². The first-order chi connectivity index (χ1) is 14.2. The monoisotopic (exact) mass is 425 g/mol. The molecule has 0 radical (unpaired) electrons. The van der Waals surface area contributed by atoms with Crippen molar-refractivity contribution in [2.45, 2.75) is 32.7 Å². The molecule has 0 aromatic heterocycles. The van der Waals surface area contributed by atoms with E-state index in [1.54, 1.807) is 7.05 Å². The molecule has 0 aliphatic carbocycles. The van der Waals surface area contributed by atoms with Crippen LogP contribution in [0.25, 0.3) is 0 Å². The van der Waals surface area contributed by atoms with Gasteiger partial charge in [0.15, 0.2) is 0 Å². The average molecular weight is 426 g/mol. The number of carbonyl (C=O) groups is 1. The molecule has 2 atom stereocenters. The molecule has 0 N–H and O–H groups in total. The van der Waals surface area contributed by atoms with E-state index in [9.17, 15) is 4.79 Å². The number of hydrogen-bond acceptors (Lipinski definition) is 3. The van der Waals surface area contributed by atoms with E-state index in [4.69, 9.17) is 9.26 Å². The number of rotatable bonds is 9. The highest BCUT2D eigenvalue weighted by Crippen LogP contribution is 2.37. The summed E-state index contributed by atoms with van der Waals surface area (Å²) in [4.78, 5) is 17.7. The van der Waals surface area contributed by atoms with Crippen LogP contribution in [0.4, 0.5) is 0 Å². The zero-order valence-electron chi connectivity index (χ0n) is 19.1. The van der Waals surface area contributed by atoms with Crippen LogP contribution in [-0.4, -0.2) is 40.1 Å². The second-order valence-corrected chi connectivity index (χ2v) is 13.0. The maximum Gasteiger partial charge on any atom is 0.261 e. The van der Waals surface area contributed by atoms with Crippen LogP contribution >= 0.6 is 0 Å². The van der Waals surface area contributed by atoms with E-state index < -0.39 is 8.32 Å². The van der Waals surface area contributed by atoms with E-state index >= 15 is 0 Å². The highest BCUT2D eigenvalue weighted by atomic mass is 28.4. The Bertz CT molecular complexity index is 778. The Hall–Kier alpha value is -2.21. The second-order valence-electron chi connectivity index (χ2n) is 8.68. The van der Waals surface area contributed by atoms with Crippen molar-refractivity contribution in [3.05, 3.63) is 73.3 Å². The molecule has 0 unspecified atom stereocenters. The Balaban J connectivity index is 2.48. The van der Waals surface area contributed by atoms with E-state index in [1.807, 2.05) is 25.1 Å². The van der Waals surface area contributed by atoms with Gasteiger partial charge in [0.1, 0.15) is 0 Å². The molecule has 0 heterocycles. The zero-order valence-corrected chi connectivity index (χ0v) is 20.1. The minimum atomic E-state index is -2.65. The van der Waals surface area contributed by atoms with Gasteiger partial charge in [0.2, 0.25) is 5.91 Å². The summed E-state index contributed by atoms with van der Waals surface area (Å²) in [6.07, 6.45) is 1.82. The van der Waals surface area contributed by atoms with Crippen molar-refractivity contribution in [3.8, 4) is 0 Å². The predicted octanol–water partition coefficient (Wildman–Crippen LogP) is 4.02. The van der Waals surface area contributed by atoms with Gasteiger partial charge < -0.3 is 4.43 Å². The summed E-state index contributed by atoms with van der Waals surface area (Å²) in [7, 11) is 0.471. The van der Waals surface area contributed by atoms with Crippen LogP contribution in [0, 0.1) is 11.8 Å². The minimum absolute atomic E-state index is 0.0894. The van der Waals surface area contributed by atoms with E-state index in [-0.39, 0.29) is 22.8 Å². The highest BCUT2D eigenvalue weighted by molar-refractivity contribution is 6.99. The molecule has 2 rings (SSSR count). The van der Waals surface area contributed by atoms with E-state index in [0.29, 0.717) is 6.61 Å². The molecular weight excluding hydrogens is 390 g/mol. The summed E-state index contributed by atoms with van der Waals surface area (Å²) < 4.78 is 6.96. The van der Waals surface area contributed by atoms with Crippen LogP contribution < -0.4 is 10.4 Å². The van der Waals surface area contributed by atoms with E-state index in [0.717, 1.165) is 0 Å². The number of hydrogen-bond donors (Lipinski definition) is 0. The topological polar surface area (TPSA) is 38.8 Å². The van der Waals surface area contributed by atoms with Gasteiger partial charge in [-0.2, -0.15) is 0 Å².